The van der Waals surface area contributed by atoms with Gasteiger partial charge in [-0.15, -0.1) is 0 Å². The quantitative estimate of drug-likeness (QED) is 0.368. The van der Waals surface area contributed by atoms with Gasteiger partial charge >= 0.3 is 0 Å². The Morgan fingerprint density at radius 3 is 2.83 bits per heavy atom. The SMILES string of the molecule is C=CC(=O)N1CCN(c2ncnc3c(F)c(-c4cccc5ccc(F)c(Cl)c45)ncc23)C(CC#N)C1. The molecular weight excluding hydrogens is 486 g/mol. The number of carbonyl (C=O) groups is 1. The number of hydrogen-bond acceptors (Lipinski definition) is 6. The van der Waals surface area contributed by atoms with E-state index in [2.05, 4.69) is 27.6 Å². The van der Waals surface area contributed by atoms with Gasteiger partial charge in [0.1, 0.15) is 29.2 Å². The molecule has 1 aliphatic heterocycles. The largest absolute Gasteiger partial charge is 0.348 e. The van der Waals surface area contributed by atoms with E-state index in [0.717, 1.165) is 0 Å². The topological polar surface area (TPSA) is 86.0 Å². The smallest absolute Gasteiger partial charge is 0.246 e. The van der Waals surface area contributed by atoms with Crippen molar-refractivity contribution < 1.29 is 13.6 Å². The summed E-state index contributed by atoms with van der Waals surface area (Å²) in [7, 11) is 0. The predicted octanol–water partition coefficient (Wildman–Crippen LogP) is 4.89. The molecule has 0 N–H and O–H groups in total. The first-order valence-corrected chi connectivity index (χ1v) is 11.5. The lowest BCUT2D eigenvalue weighted by Gasteiger charge is -2.41. The van der Waals surface area contributed by atoms with Gasteiger partial charge in [-0.1, -0.05) is 42.4 Å². The molecule has 1 amide bonds. The van der Waals surface area contributed by atoms with Crippen molar-refractivity contribution in [1.29, 1.82) is 5.26 Å². The van der Waals surface area contributed by atoms with E-state index in [9.17, 15) is 14.4 Å². The van der Waals surface area contributed by atoms with Gasteiger partial charge in [0.25, 0.3) is 0 Å². The number of fused-ring (bicyclic) bond motifs is 2. The van der Waals surface area contributed by atoms with E-state index < -0.39 is 11.6 Å². The number of nitrogens with zero attached hydrogens (tertiary/aromatic N) is 6. The number of rotatable bonds is 4. The number of nitriles is 1. The first kappa shape index (κ1) is 23.6. The third-order valence-electron chi connectivity index (χ3n) is 6.36. The van der Waals surface area contributed by atoms with Gasteiger partial charge in [0.15, 0.2) is 5.82 Å². The Hall–Kier alpha value is -4.16. The molecule has 1 saturated heterocycles. The molecule has 1 fully saturated rings. The zero-order valence-corrected chi connectivity index (χ0v) is 19.7. The molecule has 5 rings (SSSR count). The average Bonchev–Trinajstić information content (AvgIpc) is 2.90. The molecule has 180 valence electrons. The second-order valence-electron chi connectivity index (χ2n) is 8.34. The van der Waals surface area contributed by atoms with E-state index >= 15 is 4.39 Å². The van der Waals surface area contributed by atoms with Gasteiger partial charge in [-0.25, -0.2) is 18.7 Å². The van der Waals surface area contributed by atoms with Crippen molar-refractivity contribution in [2.75, 3.05) is 24.5 Å². The predicted molar refractivity (Wildman–Crippen MR) is 133 cm³/mol. The highest BCUT2D eigenvalue weighted by atomic mass is 35.5. The normalized spacial score (nSPS) is 15.8. The maximum atomic E-state index is 15.9. The van der Waals surface area contributed by atoms with Crippen LogP contribution in [-0.2, 0) is 4.79 Å². The summed E-state index contributed by atoms with van der Waals surface area (Å²) in [5, 5.41) is 10.6. The molecule has 36 heavy (non-hydrogen) atoms. The summed E-state index contributed by atoms with van der Waals surface area (Å²) in [4.78, 5) is 28.5. The lowest BCUT2D eigenvalue weighted by Crippen LogP contribution is -2.54. The van der Waals surface area contributed by atoms with E-state index in [4.69, 9.17) is 11.6 Å². The minimum atomic E-state index is -0.693. The number of anilines is 1. The molecular formula is C26H19ClF2N6O. The molecule has 0 bridgehead atoms. The van der Waals surface area contributed by atoms with Crippen LogP contribution < -0.4 is 4.90 Å². The number of carbonyl (C=O) groups excluding carboxylic acids is 1. The number of piperazine rings is 1. The number of amides is 1. The molecule has 0 aliphatic carbocycles. The van der Waals surface area contributed by atoms with Crippen molar-refractivity contribution in [3.8, 4) is 17.3 Å². The summed E-state index contributed by atoms with van der Waals surface area (Å²) in [6, 6.07) is 9.74. The van der Waals surface area contributed by atoms with Gasteiger partial charge in [-0.2, -0.15) is 5.26 Å². The van der Waals surface area contributed by atoms with Gasteiger partial charge in [0, 0.05) is 36.8 Å². The molecule has 1 atom stereocenters. The fourth-order valence-corrected chi connectivity index (χ4v) is 4.92. The molecule has 1 aliphatic rings. The third kappa shape index (κ3) is 3.89. The summed E-state index contributed by atoms with van der Waals surface area (Å²) in [5.74, 6) is -1.10. The highest BCUT2D eigenvalue weighted by Crippen LogP contribution is 2.38. The molecule has 2 aromatic carbocycles. The summed E-state index contributed by atoms with van der Waals surface area (Å²) < 4.78 is 30.1. The monoisotopic (exact) mass is 504 g/mol. The number of halogens is 3. The van der Waals surface area contributed by atoms with Crippen LogP contribution >= 0.6 is 11.6 Å². The van der Waals surface area contributed by atoms with Crippen molar-refractivity contribution >= 4 is 45.0 Å². The minimum Gasteiger partial charge on any atom is -0.348 e. The maximum absolute atomic E-state index is 15.9. The Morgan fingerprint density at radius 1 is 1.22 bits per heavy atom. The maximum Gasteiger partial charge on any atom is 0.246 e. The Labute approximate surface area is 210 Å². The van der Waals surface area contributed by atoms with Gasteiger partial charge in [-0.3, -0.25) is 9.78 Å². The first-order valence-electron chi connectivity index (χ1n) is 11.2. The zero-order valence-electron chi connectivity index (χ0n) is 19.0. The average molecular weight is 505 g/mol. The van der Waals surface area contributed by atoms with E-state index in [-0.39, 0.29) is 34.6 Å². The van der Waals surface area contributed by atoms with Crippen LogP contribution in [-0.4, -0.2) is 51.4 Å². The van der Waals surface area contributed by atoms with Crippen LogP contribution in [0.3, 0.4) is 0 Å². The Bertz CT molecular complexity index is 1570. The summed E-state index contributed by atoms with van der Waals surface area (Å²) >= 11 is 6.25. The summed E-state index contributed by atoms with van der Waals surface area (Å²) in [6.45, 7) is 4.61. The molecule has 0 spiro atoms. The lowest BCUT2D eigenvalue weighted by molar-refractivity contribution is -0.126. The fourth-order valence-electron chi connectivity index (χ4n) is 4.64. The molecule has 1 unspecified atom stereocenters. The molecule has 0 saturated carbocycles. The molecule has 4 aromatic rings. The van der Waals surface area contributed by atoms with Crippen molar-refractivity contribution in [2.24, 2.45) is 0 Å². The van der Waals surface area contributed by atoms with Crippen LogP contribution in [0.2, 0.25) is 5.02 Å². The molecule has 2 aromatic heterocycles. The number of benzene rings is 2. The van der Waals surface area contributed by atoms with Crippen LogP contribution in [0.25, 0.3) is 32.9 Å². The van der Waals surface area contributed by atoms with Crippen LogP contribution in [0, 0.1) is 23.0 Å². The van der Waals surface area contributed by atoms with Gasteiger partial charge in [0.2, 0.25) is 5.91 Å². The second-order valence-corrected chi connectivity index (χ2v) is 8.72. The van der Waals surface area contributed by atoms with Gasteiger partial charge < -0.3 is 9.80 Å². The molecule has 10 heteroatoms. The Balaban J connectivity index is 1.62. The summed E-state index contributed by atoms with van der Waals surface area (Å²) in [5.41, 5.74) is 0.366. The minimum absolute atomic E-state index is 0.0137. The lowest BCUT2D eigenvalue weighted by atomic mass is 10.0. The van der Waals surface area contributed by atoms with Crippen molar-refractivity contribution in [3.05, 3.63) is 72.2 Å². The summed E-state index contributed by atoms with van der Waals surface area (Å²) in [6.07, 6.45) is 4.11. The van der Waals surface area contributed by atoms with E-state index in [1.807, 2.05) is 4.90 Å². The molecule has 7 nitrogen and oxygen atoms in total. The zero-order chi connectivity index (χ0) is 25.4. The van der Waals surface area contributed by atoms with Crippen LogP contribution in [0.1, 0.15) is 6.42 Å². The highest BCUT2D eigenvalue weighted by Gasteiger charge is 2.31. The Kier molecular flexibility index (Phi) is 6.20. The van der Waals surface area contributed by atoms with Crippen LogP contribution in [0.15, 0.2) is 55.5 Å². The number of aromatic nitrogens is 3. The van der Waals surface area contributed by atoms with Crippen molar-refractivity contribution in [2.45, 2.75) is 12.5 Å². The first-order chi connectivity index (χ1) is 17.4. The number of hydrogen-bond donors (Lipinski definition) is 0. The van der Waals surface area contributed by atoms with Crippen molar-refractivity contribution in [1.82, 2.24) is 19.9 Å². The third-order valence-corrected chi connectivity index (χ3v) is 6.73. The van der Waals surface area contributed by atoms with Crippen LogP contribution in [0.4, 0.5) is 14.6 Å². The molecule has 0 radical (unpaired) electrons. The second kappa shape index (κ2) is 9.47. The van der Waals surface area contributed by atoms with Gasteiger partial charge in [0.05, 0.1) is 28.9 Å². The fraction of sp³-hybridized carbons (Fsp3) is 0.192. The standard InChI is InChI=1S/C26H19ClF2N6O/c1-2-20(36)34-10-11-35(16(13-34)8-9-30)26-18-12-31-24(23(29)25(18)32-14-33-26)17-5-3-4-15-6-7-19(28)22(27)21(15)17/h2-7,12,14,16H,1,8,10-11,13H2. The van der Waals surface area contributed by atoms with E-state index in [1.54, 1.807) is 29.2 Å². The van der Waals surface area contributed by atoms with Crippen molar-refractivity contribution in [3.63, 3.8) is 0 Å². The Morgan fingerprint density at radius 2 is 2.06 bits per heavy atom. The van der Waals surface area contributed by atoms with Gasteiger partial charge in [-0.05, 0) is 17.5 Å². The van der Waals surface area contributed by atoms with E-state index in [0.29, 0.717) is 47.2 Å². The number of pyridine rings is 1. The van der Waals surface area contributed by atoms with E-state index in [1.165, 1.54) is 24.7 Å². The molecule has 3 heterocycles. The highest BCUT2D eigenvalue weighted by molar-refractivity contribution is 6.36. The van der Waals surface area contributed by atoms with Crippen LogP contribution in [0.5, 0.6) is 0 Å².